The summed E-state index contributed by atoms with van der Waals surface area (Å²) in [6, 6.07) is 8.03. The Bertz CT molecular complexity index is 650. The van der Waals surface area contributed by atoms with Gasteiger partial charge in [-0.2, -0.15) is 0 Å². The first-order chi connectivity index (χ1) is 11.4. The van der Waals surface area contributed by atoms with Gasteiger partial charge in [0.05, 0.1) is 16.6 Å². The molecule has 1 heterocycles. The quantitative estimate of drug-likeness (QED) is 0.623. The van der Waals surface area contributed by atoms with Crippen LogP contribution in [0, 0.1) is 0 Å². The fourth-order valence-electron chi connectivity index (χ4n) is 3.05. The second-order valence-electron chi connectivity index (χ2n) is 9.29. The smallest absolute Gasteiger partial charge is 0.459 e. The SMILES string of the molecule is CC(C)(C)OC(=O)C1(c2ccc(B3OC(C)(C)C(C)(C)O3)cc2)CC1. The number of rotatable bonds is 3. The molecule has 0 N–H and O–H groups in total. The van der Waals surface area contributed by atoms with Crippen LogP contribution in [-0.4, -0.2) is 29.9 Å². The van der Waals surface area contributed by atoms with Crippen LogP contribution in [0.4, 0.5) is 0 Å². The van der Waals surface area contributed by atoms with Crippen LogP contribution in [0.25, 0.3) is 0 Å². The maximum Gasteiger partial charge on any atom is 0.494 e. The van der Waals surface area contributed by atoms with Gasteiger partial charge in [0, 0.05) is 0 Å². The third-order valence-corrected chi connectivity index (χ3v) is 5.53. The first-order valence-corrected chi connectivity index (χ1v) is 9.06. The average molecular weight is 344 g/mol. The highest BCUT2D eigenvalue weighted by molar-refractivity contribution is 6.62. The molecule has 25 heavy (non-hydrogen) atoms. The van der Waals surface area contributed by atoms with Crippen molar-refractivity contribution in [2.45, 2.75) is 83.5 Å². The number of carbonyl (C=O) groups excluding carboxylic acids is 1. The molecule has 1 aliphatic carbocycles. The monoisotopic (exact) mass is 344 g/mol. The molecule has 0 bridgehead atoms. The number of carbonyl (C=O) groups is 1. The topological polar surface area (TPSA) is 44.8 Å². The van der Waals surface area contributed by atoms with Crippen LogP contribution in [0.5, 0.6) is 0 Å². The van der Waals surface area contributed by atoms with E-state index in [1.54, 1.807) is 0 Å². The van der Waals surface area contributed by atoms with Gasteiger partial charge in [-0.1, -0.05) is 24.3 Å². The average Bonchev–Trinajstić information content (AvgIpc) is 3.22. The third kappa shape index (κ3) is 3.36. The minimum atomic E-state index is -0.470. The van der Waals surface area contributed by atoms with Crippen molar-refractivity contribution in [2.24, 2.45) is 0 Å². The molecule has 0 radical (unpaired) electrons. The molecule has 3 rings (SSSR count). The first-order valence-electron chi connectivity index (χ1n) is 9.06. The number of ether oxygens (including phenoxy) is 1. The van der Waals surface area contributed by atoms with E-state index in [4.69, 9.17) is 14.0 Å². The van der Waals surface area contributed by atoms with Crippen molar-refractivity contribution < 1.29 is 18.8 Å². The molecule has 2 aliphatic rings. The summed E-state index contributed by atoms with van der Waals surface area (Å²) in [6.45, 7) is 13.9. The fraction of sp³-hybridized carbons (Fsp3) is 0.650. The maximum absolute atomic E-state index is 12.6. The predicted molar refractivity (Wildman–Crippen MR) is 98.9 cm³/mol. The summed E-state index contributed by atoms with van der Waals surface area (Å²) in [4.78, 5) is 12.6. The number of hydrogen-bond acceptors (Lipinski definition) is 4. The van der Waals surface area contributed by atoms with Crippen LogP contribution >= 0.6 is 0 Å². The molecule has 136 valence electrons. The largest absolute Gasteiger partial charge is 0.494 e. The lowest BCUT2D eigenvalue weighted by atomic mass is 9.78. The summed E-state index contributed by atoms with van der Waals surface area (Å²) in [5.41, 5.74) is 0.344. The lowest BCUT2D eigenvalue weighted by molar-refractivity contribution is -0.158. The van der Waals surface area contributed by atoms with Crippen molar-refractivity contribution in [3.05, 3.63) is 29.8 Å². The Morgan fingerprint density at radius 2 is 1.48 bits per heavy atom. The van der Waals surface area contributed by atoms with Crippen LogP contribution < -0.4 is 5.46 Å². The number of hydrogen-bond donors (Lipinski definition) is 0. The zero-order valence-electron chi connectivity index (χ0n) is 16.4. The summed E-state index contributed by atoms with van der Waals surface area (Å²) in [6.07, 6.45) is 1.69. The molecule has 0 spiro atoms. The van der Waals surface area contributed by atoms with Crippen molar-refractivity contribution in [3.8, 4) is 0 Å². The predicted octanol–water partition coefficient (Wildman–Crippen LogP) is 3.36. The summed E-state index contributed by atoms with van der Waals surface area (Å²) < 4.78 is 17.8. The highest BCUT2D eigenvalue weighted by Gasteiger charge is 2.54. The van der Waals surface area contributed by atoms with Gasteiger partial charge >= 0.3 is 13.1 Å². The van der Waals surface area contributed by atoms with Gasteiger partial charge in [0.15, 0.2) is 0 Å². The Morgan fingerprint density at radius 3 is 1.88 bits per heavy atom. The Labute approximate surface area is 151 Å². The molecular formula is C20H29BO4. The number of benzene rings is 1. The molecule has 1 aromatic carbocycles. The number of esters is 1. The van der Waals surface area contributed by atoms with Gasteiger partial charge in [-0.05, 0) is 72.3 Å². The normalized spacial score (nSPS) is 23.4. The van der Waals surface area contributed by atoms with Gasteiger partial charge < -0.3 is 14.0 Å². The van der Waals surface area contributed by atoms with E-state index >= 15 is 0 Å². The van der Waals surface area contributed by atoms with Crippen molar-refractivity contribution >= 4 is 18.6 Å². The molecule has 5 heteroatoms. The molecular weight excluding hydrogens is 315 g/mol. The molecule has 0 unspecified atom stereocenters. The molecule has 0 aromatic heterocycles. The third-order valence-electron chi connectivity index (χ3n) is 5.53. The summed E-state index contributed by atoms with van der Waals surface area (Å²) in [5, 5.41) is 0. The van der Waals surface area contributed by atoms with Gasteiger partial charge in [-0.25, -0.2) is 0 Å². The maximum atomic E-state index is 12.6. The zero-order chi connectivity index (χ0) is 18.7. The van der Waals surface area contributed by atoms with Crippen molar-refractivity contribution in [1.82, 2.24) is 0 Å². The molecule has 1 saturated carbocycles. The second-order valence-corrected chi connectivity index (χ2v) is 9.29. The van der Waals surface area contributed by atoms with Crippen LogP contribution in [0.15, 0.2) is 24.3 Å². The van der Waals surface area contributed by atoms with Crippen molar-refractivity contribution in [1.29, 1.82) is 0 Å². The van der Waals surface area contributed by atoms with Crippen molar-refractivity contribution in [3.63, 3.8) is 0 Å². The van der Waals surface area contributed by atoms with Gasteiger partial charge in [-0.3, -0.25) is 4.79 Å². The van der Waals surface area contributed by atoms with E-state index in [-0.39, 0.29) is 24.3 Å². The van der Waals surface area contributed by atoms with Gasteiger partial charge in [0.25, 0.3) is 0 Å². The van der Waals surface area contributed by atoms with Gasteiger partial charge in [-0.15, -0.1) is 0 Å². The van der Waals surface area contributed by atoms with E-state index in [9.17, 15) is 4.79 Å². The fourth-order valence-corrected chi connectivity index (χ4v) is 3.05. The van der Waals surface area contributed by atoms with Crippen LogP contribution in [0.3, 0.4) is 0 Å². The van der Waals surface area contributed by atoms with Gasteiger partial charge in [0.1, 0.15) is 5.60 Å². The Kier molecular flexibility index (Phi) is 4.12. The van der Waals surface area contributed by atoms with Crippen LogP contribution in [0.2, 0.25) is 0 Å². The first kappa shape index (κ1) is 18.5. The molecule has 1 aromatic rings. The molecule has 0 amide bonds. The summed E-state index contributed by atoms with van der Waals surface area (Å²) >= 11 is 0. The van der Waals surface area contributed by atoms with Crippen LogP contribution in [-0.2, 0) is 24.3 Å². The Hall–Kier alpha value is -1.33. The molecule has 1 saturated heterocycles. The highest BCUT2D eigenvalue weighted by Crippen LogP contribution is 2.49. The molecule has 2 fully saturated rings. The van der Waals surface area contributed by atoms with E-state index in [0.29, 0.717) is 0 Å². The zero-order valence-corrected chi connectivity index (χ0v) is 16.4. The summed E-state index contributed by atoms with van der Waals surface area (Å²) in [5.74, 6) is -0.122. The van der Waals surface area contributed by atoms with E-state index < -0.39 is 11.0 Å². The van der Waals surface area contributed by atoms with E-state index in [1.807, 2.05) is 72.7 Å². The van der Waals surface area contributed by atoms with E-state index in [0.717, 1.165) is 23.9 Å². The molecule has 4 nitrogen and oxygen atoms in total. The Morgan fingerprint density at radius 1 is 1.00 bits per heavy atom. The minimum absolute atomic E-state index is 0.122. The molecule has 1 aliphatic heterocycles. The van der Waals surface area contributed by atoms with E-state index in [1.165, 1.54) is 0 Å². The van der Waals surface area contributed by atoms with E-state index in [2.05, 4.69) is 0 Å². The summed E-state index contributed by atoms with van der Waals surface area (Å²) in [7, 11) is -0.379. The van der Waals surface area contributed by atoms with Crippen LogP contribution in [0.1, 0.15) is 66.9 Å². The van der Waals surface area contributed by atoms with Gasteiger partial charge in [0.2, 0.25) is 0 Å². The lowest BCUT2D eigenvalue weighted by Crippen LogP contribution is -2.41. The van der Waals surface area contributed by atoms with Crippen molar-refractivity contribution in [2.75, 3.05) is 0 Å². The standard InChI is InChI=1S/C20H29BO4/c1-17(2,3)23-16(22)20(12-13-20)14-8-10-15(11-9-14)21-24-18(4,5)19(6,7)25-21/h8-11H,12-13H2,1-7H3. The minimum Gasteiger partial charge on any atom is -0.459 e. The lowest BCUT2D eigenvalue weighted by Gasteiger charge is -2.32. The highest BCUT2D eigenvalue weighted by atomic mass is 16.7. The second kappa shape index (κ2) is 5.58. The molecule has 0 atom stereocenters. The Balaban J connectivity index is 1.77.